The van der Waals surface area contributed by atoms with Crippen molar-refractivity contribution >= 4 is 0 Å². The monoisotopic (exact) mass is 199 g/mol. The number of azide groups is 1. The van der Waals surface area contributed by atoms with Crippen LogP contribution in [0.25, 0.3) is 10.4 Å². The van der Waals surface area contributed by atoms with Crippen molar-refractivity contribution in [3.05, 3.63) is 10.4 Å². The van der Waals surface area contributed by atoms with E-state index in [1.54, 1.807) is 6.92 Å². The Morgan fingerprint density at radius 2 is 2.00 bits per heavy atom. The topological polar surface area (TPSA) is 89.2 Å². The molecule has 1 saturated carbocycles. The van der Waals surface area contributed by atoms with Crippen molar-refractivity contribution in [2.45, 2.75) is 50.9 Å². The van der Waals surface area contributed by atoms with Gasteiger partial charge in [0.15, 0.2) is 6.23 Å². The third kappa shape index (κ3) is 2.38. The van der Waals surface area contributed by atoms with Crippen LogP contribution in [0, 0.1) is 5.92 Å². The molecule has 0 bridgehead atoms. The lowest BCUT2D eigenvalue weighted by Gasteiger charge is -2.37. The van der Waals surface area contributed by atoms with Crippen molar-refractivity contribution in [3.63, 3.8) is 0 Å². The first kappa shape index (κ1) is 11.3. The summed E-state index contributed by atoms with van der Waals surface area (Å²) in [6.07, 6.45) is 3.78. The molecule has 0 saturated heterocycles. The van der Waals surface area contributed by atoms with Gasteiger partial charge < -0.3 is 10.2 Å². The number of aliphatic hydroxyl groups is 2. The van der Waals surface area contributed by atoms with E-state index in [9.17, 15) is 10.2 Å². The predicted octanol–water partition coefficient (Wildman–Crippen LogP) is 1.95. The van der Waals surface area contributed by atoms with Crippen LogP contribution in [-0.4, -0.2) is 22.0 Å². The van der Waals surface area contributed by atoms with Crippen LogP contribution < -0.4 is 0 Å². The van der Waals surface area contributed by atoms with Gasteiger partial charge in [-0.3, -0.25) is 0 Å². The second-order valence-electron chi connectivity index (χ2n) is 4.14. The summed E-state index contributed by atoms with van der Waals surface area (Å²) in [7, 11) is 0. The van der Waals surface area contributed by atoms with Crippen LogP contribution >= 0.6 is 0 Å². The van der Waals surface area contributed by atoms with Crippen LogP contribution in [0.1, 0.15) is 39.0 Å². The van der Waals surface area contributed by atoms with E-state index in [1.807, 2.05) is 0 Å². The smallest absolute Gasteiger partial charge is 0.161 e. The largest absolute Gasteiger partial charge is 0.387 e. The Morgan fingerprint density at radius 3 is 2.50 bits per heavy atom. The van der Waals surface area contributed by atoms with Gasteiger partial charge in [-0.15, -0.1) is 0 Å². The molecule has 14 heavy (non-hydrogen) atoms. The second kappa shape index (κ2) is 4.64. The molecule has 0 heterocycles. The van der Waals surface area contributed by atoms with Gasteiger partial charge in [-0.05, 0) is 31.2 Å². The maximum atomic E-state index is 10.0. The van der Waals surface area contributed by atoms with Gasteiger partial charge >= 0.3 is 0 Å². The zero-order chi connectivity index (χ0) is 10.6. The van der Waals surface area contributed by atoms with Gasteiger partial charge in [-0.1, -0.05) is 24.4 Å². The van der Waals surface area contributed by atoms with E-state index < -0.39 is 11.8 Å². The standard InChI is InChI=1S/C9H17N3O2/c1-9(14,8(13)11-12-10)7-5-3-2-4-6-7/h7-8,13-14H,2-6H2,1H3/t8-,9-/m1/s1. The van der Waals surface area contributed by atoms with Gasteiger partial charge in [0.25, 0.3) is 0 Å². The van der Waals surface area contributed by atoms with Crippen molar-refractivity contribution in [3.8, 4) is 0 Å². The minimum Gasteiger partial charge on any atom is -0.387 e. The molecule has 1 aliphatic carbocycles. The van der Waals surface area contributed by atoms with Gasteiger partial charge in [-0.25, -0.2) is 0 Å². The first-order valence-corrected chi connectivity index (χ1v) is 5.03. The van der Waals surface area contributed by atoms with Gasteiger partial charge in [0, 0.05) is 4.91 Å². The zero-order valence-electron chi connectivity index (χ0n) is 8.43. The van der Waals surface area contributed by atoms with E-state index >= 15 is 0 Å². The average molecular weight is 199 g/mol. The fourth-order valence-corrected chi connectivity index (χ4v) is 2.06. The predicted molar refractivity (Wildman–Crippen MR) is 52.4 cm³/mol. The number of aliphatic hydroxyl groups excluding tert-OH is 1. The quantitative estimate of drug-likeness (QED) is 0.413. The lowest BCUT2D eigenvalue weighted by Crippen LogP contribution is -2.45. The van der Waals surface area contributed by atoms with E-state index in [2.05, 4.69) is 10.0 Å². The molecule has 0 aromatic heterocycles. The van der Waals surface area contributed by atoms with E-state index in [4.69, 9.17) is 5.53 Å². The number of nitrogens with zero attached hydrogens (tertiary/aromatic N) is 3. The molecule has 1 rings (SSSR count). The van der Waals surface area contributed by atoms with Gasteiger partial charge in [0.1, 0.15) is 0 Å². The summed E-state index contributed by atoms with van der Waals surface area (Å²) in [5.41, 5.74) is 6.90. The Morgan fingerprint density at radius 1 is 1.43 bits per heavy atom. The Hall–Kier alpha value is -0.770. The molecule has 5 heteroatoms. The van der Waals surface area contributed by atoms with Gasteiger partial charge in [0.2, 0.25) is 0 Å². The van der Waals surface area contributed by atoms with Crippen molar-refractivity contribution in [1.29, 1.82) is 0 Å². The lowest BCUT2D eigenvalue weighted by atomic mass is 9.77. The Labute approximate surface area is 83.4 Å². The van der Waals surface area contributed by atoms with E-state index in [0.29, 0.717) is 0 Å². The Balaban J connectivity index is 2.65. The Kier molecular flexibility index (Phi) is 3.75. The summed E-state index contributed by atoms with van der Waals surface area (Å²) in [4.78, 5) is 2.51. The molecule has 1 aliphatic rings. The molecule has 0 spiro atoms. The van der Waals surface area contributed by atoms with E-state index in [1.165, 1.54) is 6.42 Å². The highest BCUT2D eigenvalue weighted by atomic mass is 16.4. The second-order valence-corrected chi connectivity index (χ2v) is 4.14. The normalized spacial score (nSPS) is 24.8. The van der Waals surface area contributed by atoms with Crippen molar-refractivity contribution in [2.24, 2.45) is 11.0 Å². The van der Waals surface area contributed by atoms with E-state index in [0.717, 1.165) is 25.7 Å². The summed E-state index contributed by atoms with van der Waals surface area (Å²) >= 11 is 0. The van der Waals surface area contributed by atoms with Crippen LogP contribution in [0.4, 0.5) is 0 Å². The van der Waals surface area contributed by atoms with Crippen LogP contribution in [0.2, 0.25) is 0 Å². The molecule has 0 aromatic rings. The minimum absolute atomic E-state index is 0.0387. The molecule has 0 aromatic carbocycles. The molecule has 0 amide bonds. The zero-order valence-corrected chi connectivity index (χ0v) is 8.43. The van der Waals surface area contributed by atoms with Crippen LogP contribution in [-0.2, 0) is 0 Å². The molecule has 0 aliphatic heterocycles. The fourth-order valence-electron chi connectivity index (χ4n) is 2.06. The van der Waals surface area contributed by atoms with E-state index in [-0.39, 0.29) is 5.92 Å². The summed E-state index contributed by atoms with van der Waals surface area (Å²) in [5, 5.41) is 22.6. The third-order valence-electron chi connectivity index (χ3n) is 3.12. The maximum absolute atomic E-state index is 10.0. The van der Waals surface area contributed by atoms with Crippen molar-refractivity contribution in [1.82, 2.24) is 0 Å². The molecule has 0 radical (unpaired) electrons. The number of rotatable bonds is 3. The summed E-state index contributed by atoms with van der Waals surface area (Å²) in [5.74, 6) is 0.0387. The molecular weight excluding hydrogens is 182 g/mol. The highest BCUT2D eigenvalue weighted by Gasteiger charge is 2.38. The van der Waals surface area contributed by atoms with Crippen LogP contribution in [0.15, 0.2) is 5.11 Å². The number of hydrogen-bond acceptors (Lipinski definition) is 3. The van der Waals surface area contributed by atoms with Crippen LogP contribution in [0.3, 0.4) is 0 Å². The first-order chi connectivity index (χ1) is 6.59. The minimum atomic E-state index is -1.34. The SMILES string of the molecule is C[C@@](O)(C1CCCCC1)[C@@H](O)N=[N+]=[N-]. The average Bonchev–Trinajstić information content (AvgIpc) is 2.19. The highest BCUT2D eigenvalue weighted by Crippen LogP contribution is 2.34. The summed E-state index contributed by atoms with van der Waals surface area (Å²) in [6, 6.07) is 0. The van der Waals surface area contributed by atoms with Crippen LogP contribution in [0.5, 0.6) is 0 Å². The third-order valence-corrected chi connectivity index (χ3v) is 3.12. The highest BCUT2D eigenvalue weighted by molar-refractivity contribution is 4.89. The molecule has 5 nitrogen and oxygen atoms in total. The Bertz CT molecular complexity index is 230. The molecule has 2 atom stereocenters. The molecule has 1 fully saturated rings. The molecular formula is C9H17N3O2. The molecule has 0 unspecified atom stereocenters. The molecule has 80 valence electrons. The number of hydrogen-bond donors (Lipinski definition) is 2. The first-order valence-electron chi connectivity index (χ1n) is 5.03. The maximum Gasteiger partial charge on any atom is 0.161 e. The van der Waals surface area contributed by atoms with Crippen molar-refractivity contribution in [2.75, 3.05) is 0 Å². The lowest BCUT2D eigenvalue weighted by molar-refractivity contribution is -0.106. The molecule has 2 N–H and O–H groups in total. The van der Waals surface area contributed by atoms with Gasteiger partial charge in [0.05, 0.1) is 5.60 Å². The summed E-state index contributed by atoms with van der Waals surface area (Å²) < 4.78 is 0. The van der Waals surface area contributed by atoms with Gasteiger partial charge in [-0.2, -0.15) is 0 Å². The summed E-state index contributed by atoms with van der Waals surface area (Å²) in [6.45, 7) is 1.54. The fraction of sp³-hybridized carbons (Fsp3) is 1.00. The van der Waals surface area contributed by atoms with Crippen molar-refractivity contribution < 1.29 is 10.2 Å².